The normalized spacial score (nSPS) is 17.4. The van der Waals surface area contributed by atoms with E-state index in [0.717, 1.165) is 17.9 Å². The van der Waals surface area contributed by atoms with Gasteiger partial charge in [0, 0.05) is 11.1 Å². The van der Waals surface area contributed by atoms with Crippen LogP contribution in [0.25, 0.3) is 0 Å². The second kappa shape index (κ2) is 5.15. The molecule has 0 radical (unpaired) electrons. The second-order valence-electron chi connectivity index (χ2n) is 4.53. The highest BCUT2D eigenvalue weighted by Crippen LogP contribution is 2.36. The molecule has 1 aromatic carbocycles. The van der Waals surface area contributed by atoms with Gasteiger partial charge in [-0.3, -0.25) is 0 Å². The number of hydrogen-bond acceptors (Lipinski definition) is 1. The van der Waals surface area contributed by atoms with E-state index in [4.69, 9.17) is 11.6 Å². The third-order valence-corrected chi connectivity index (χ3v) is 3.57. The molecule has 0 aromatic heterocycles. The molecule has 1 nitrogen and oxygen atoms in total. The number of halogens is 2. The Hall–Kier alpha value is -0.600. The molecule has 0 spiro atoms. The predicted molar refractivity (Wildman–Crippen MR) is 65.2 cm³/mol. The van der Waals surface area contributed by atoms with Gasteiger partial charge in [0.1, 0.15) is 5.82 Å². The van der Waals surface area contributed by atoms with Crippen LogP contribution in [0.15, 0.2) is 18.2 Å². The Kier molecular flexibility index (Phi) is 3.82. The van der Waals surface area contributed by atoms with E-state index in [-0.39, 0.29) is 11.9 Å². The van der Waals surface area contributed by atoms with Crippen molar-refractivity contribution < 1.29 is 4.39 Å². The van der Waals surface area contributed by atoms with Crippen molar-refractivity contribution in [3.63, 3.8) is 0 Å². The van der Waals surface area contributed by atoms with Crippen LogP contribution in [-0.2, 0) is 0 Å². The van der Waals surface area contributed by atoms with Gasteiger partial charge in [0.05, 0.1) is 0 Å². The Morgan fingerprint density at radius 1 is 1.50 bits per heavy atom. The lowest BCUT2D eigenvalue weighted by Gasteiger charge is -2.17. The fourth-order valence-corrected chi connectivity index (χ4v) is 2.35. The van der Waals surface area contributed by atoms with E-state index in [1.54, 1.807) is 6.07 Å². The standard InChI is InChI=1S/C13H17ClFN/c1-16-13(7-4-9-2-3-9)11-6-5-10(15)8-12(11)14/h5-6,8-9,13,16H,2-4,7H2,1H3. The van der Waals surface area contributed by atoms with Gasteiger partial charge in [0.15, 0.2) is 0 Å². The monoisotopic (exact) mass is 241 g/mol. The smallest absolute Gasteiger partial charge is 0.124 e. The average molecular weight is 242 g/mol. The summed E-state index contributed by atoms with van der Waals surface area (Å²) < 4.78 is 12.9. The van der Waals surface area contributed by atoms with E-state index in [9.17, 15) is 4.39 Å². The maximum atomic E-state index is 12.9. The van der Waals surface area contributed by atoms with Crippen molar-refractivity contribution in [2.75, 3.05) is 7.05 Å². The van der Waals surface area contributed by atoms with Crippen molar-refractivity contribution >= 4 is 11.6 Å². The molecule has 1 aromatic rings. The largest absolute Gasteiger partial charge is 0.313 e. The summed E-state index contributed by atoms with van der Waals surface area (Å²) in [6.07, 6.45) is 5.05. The molecule has 0 saturated heterocycles. The summed E-state index contributed by atoms with van der Waals surface area (Å²) in [7, 11) is 1.93. The molecule has 1 saturated carbocycles. The summed E-state index contributed by atoms with van der Waals surface area (Å²) in [5.41, 5.74) is 1.01. The zero-order valence-electron chi connectivity index (χ0n) is 9.47. The average Bonchev–Trinajstić information content (AvgIpc) is 3.05. The summed E-state index contributed by atoms with van der Waals surface area (Å²) in [6.45, 7) is 0. The first-order chi connectivity index (χ1) is 7.70. The molecular weight excluding hydrogens is 225 g/mol. The number of nitrogens with one attached hydrogen (secondary N) is 1. The molecular formula is C13H17ClFN. The molecule has 1 aliphatic carbocycles. The third kappa shape index (κ3) is 2.96. The van der Waals surface area contributed by atoms with Crippen LogP contribution in [0.3, 0.4) is 0 Å². The molecule has 0 heterocycles. The van der Waals surface area contributed by atoms with Crippen molar-refractivity contribution in [1.29, 1.82) is 0 Å². The maximum absolute atomic E-state index is 12.9. The molecule has 1 atom stereocenters. The molecule has 1 unspecified atom stereocenters. The molecule has 2 rings (SSSR count). The number of benzene rings is 1. The minimum absolute atomic E-state index is 0.244. The van der Waals surface area contributed by atoms with Gasteiger partial charge < -0.3 is 5.32 Å². The topological polar surface area (TPSA) is 12.0 Å². The highest BCUT2D eigenvalue weighted by atomic mass is 35.5. The van der Waals surface area contributed by atoms with Gasteiger partial charge in [-0.2, -0.15) is 0 Å². The van der Waals surface area contributed by atoms with Crippen LogP contribution in [0, 0.1) is 11.7 Å². The maximum Gasteiger partial charge on any atom is 0.124 e. The lowest BCUT2D eigenvalue weighted by molar-refractivity contribution is 0.505. The third-order valence-electron chi connectivity index (χ3n) is 3.25. The van der Waals surface area contributed by atoms with Crippen molar-refractivity contribution in [3.8, 4) is 0 Å². The fourth-order valence-electron chi connectivity index (χ4n) is 2.05. The minimum atomic E-state index is -0.272. The molecule has 1 aliphatic rings. The summed E-state index contributed by atoms with van der Waals surface area (Å²) in [4.78, 5) is 0. The molecule has 3 heteroatoms. The first-order valence-electron chi connectivity index (χ1n) is 5.83. The van der Waals surface area contributed by atoms with Crippen LogP contribution in [0.5, 0.6) is 0 Å². The molecule has 0 aliphatic heterocycles. The fraction of sp³-hybridized carbons (Fsp3) is 0.538. The van der Waals surface area contributed by atoms with E-state index < -0.39 is 0 Å². The first kappa shape index (κ1) is 11.9. The van der Waals surface area contributed by atoms with E-state index in [2.05, 4.69) is 5.32 Å². The highest BCUT2D eigenvalue weighted by molar-refractivity contribution is 6.31. The SMILES string of the molecule is CNC(CCC1CC1)c1ccc(F)cc1Cl. The molecule has 16 heavy (non-hydrogen) atoms. The Morgan fingerprint density at radius 3 is 2.81 bits per heavy atom. The second-order valence-corrected chi connectivity index (χ2v) is 4.94. The van der Waals surface area contributed by atoms with Crippen LogP contribution in [0.4, 0.5) is 4.39 Å². The molecule has 1 N–H and O–H groups in total. The molecule has 1 fully saturated rings. The van der Waals surface area contributed by atoms with E-state index in [1.165, 1.54) is 31.4 Å². The van der Waals surface area contributed by atoms with Gasteiger partial charge in [0.25, 0.3) is 0 Å². The van der Waals surface area contributed by atoms with Crippen molar-refractivity contribution in [2.45, 2.75) is 31.7 Å². The summed E-state index contributed by atoms with van der Waals surface area (Å²) >= 11 is 6.05. The Labute approximate surface area is 101 Å². The van der Waals surface area contributed by atoms with Crippen LogP contribution in [0.1, 0.15) is 37.3 Å². The van der Waals surface area contributed by atoms with Gasteiger partial charge in [-0.15, -0.1) is 0 Å². The van der Waals surface area contributed by atoms with Crippen LogP contribution >= 0.6 is 11.6 Å². The van der Waals surface area contributed by atoms with Gasteiger partial charge >= 0.3 is 0 Å². The molecule has 88 valence electrons. The van der Waals surface area contributed by atoms with Gasteiger partial charge in [-0.25, -0.2) is 4.39 Å². The summed E-state index contributed by atoms with van der Waals surface area (Å²) in [5.74, 6) is 0.640. The van der Waals surface area contributed by atoms with Gasteiger partial charge in [-0.05, 0) is 43.5 Å². The summed E-state index contributed by atoms with van der Waals surface area (Å²) in [5, 5.41) is 3.78. The lowest BCUT2D eigenvalue weighted by Crippen LogP contribution is -2.17. The predicted octanol–water partition coefficient (Wildman–Crippen LogP) is 3.93. The zero-order valence-corrected chi connectivity index (χ0v) is 10.2. The zero-order chi connectivity index (χ0) is 11.5. The van der Waals surface area contributed by atoms with Crippen molar-refractivity contribution in [2.24, 2.45) is 5.92 Å². The van der Waals surface area contributed by atoms with Crippen LogP contribution in [-0.4, -0.2) is 7.05 Å². The van der Waals surface area contributed by atoms with E-state index in [1.807, 2.05) is 7.05 Å². The van der Waals surface area contributed by atoms with Crippen molar-refractivity contribution in [1.82, 2.24) is 5.32 Å². The van der Waals surface area contributed by atoms with Gasteiger partial charge in [0.2, 0.25) is 0 Å². The summed E-state index contributed by atoms with van der Waals surface area (Å²) in [6, 6.07) is 4.89. The lowest BCUT2D eigenvalue weighted by atomic mass is 10.0. The number of hydrogen-bond donors (Lipinski definition) is 1. The first-order valence-corrected chi connectivity index (χ1v) is 6.20. The van der Waals surface area contributed by atoms with Crippen LogP contribution in [0.2, 0.25) is 5.02 Å². The highest BCUT2D eigenvalue weighted by Gasteiger charge is 2.23. The Balaban J connectivity index is 2.05. The Morgan fingerprint density at radius 2 is 2.25 bits per heavy atom. The van der Waals surface area contributed by atoms with Gasteiger partial charge in [-0.1, -0.05) is 30.5 Å². The Bertz CT molecular complexity index is 363. The number of rotatable bonds is 5. The molecule has 0 bridgehead atoms. The minimum Gasteiger partial charge on any atom is -0.313 e. The van der Waals surface area contributed by atoms with Crippen LogP contribution < -0.4 is 5.32 Å². The quantitative estimate of drug-likeness (QED) is 0.824. The van der Waals surface area contributed by atoms with E-state index >= 15 is 0 Å². The van der Waals surface area contributed by atoms with E-state index in [0.29, 0.717) is 5.02 Å². The molecule has 0 amide bonds. The van der Waals surface area contributed by atoms with Crippen molar-refractivity contribution in [3.05, 3.63) is 34.6 Å².